The number of nitrogens with one attached hydrogen (secondary N) is 2. The Morgan fingerprint density at radius 2 is 2.17 bits per heavy atom. The number of guanidine groups is 1. The van der Waals surface area contributed by atoms with Crippen LogP contribution in [0.1, 0.15) is 30.7 Å². The highest BCUT2D eigenvalue weighted by Gasteiger charge is 2.17. The predicted octanol–water partition coefficient (Wildman–Crippen LogP) is 2.12. The van der Waals surface area contributed by atoms with Gasteiger partial charge in [-0.15, -0.1) is 10.2 Å². The molecule has 0 saturated carbocycles. The second kappa shape index (κ2) is 7.44. The smallest absolute Gasteiger partial charge is 0.192 e. The summed E-state index contributed by atoms with van der Waals surface area (Å²) in [5.74, 6) is 2.74. The van der Waals surface area contributed by atoms with Crippen LogP contribution >= 0.6 is 23.2 Å². The van der Waals surface area contributed by atoms with Crippen molar-refractivity contribution in [3.8, 4) is 0 Å². The molecule has 24 heavy (non-hydrogen) atoms. The van der Waals surface area contributed by atoms with Crippen molar-refractivity contribution in [2.24, 2.45) is 12.0 Å². The number of rotatable bonds is 5. The third kappa shape index (κ3) is 3.52. The Balaban J connectivity index is 1.66. The Morgan fingerprint density at radius 1 is 1.33 bits per heavy atom. The molecule has 3 rings (SSSR count). The molecular weight excluding hydrogens is 349 g/mol. The molecule has 2 N–H and O–H groups in total. The highest BCUT2D eigenvalue weighted by Crippen LogP contribution is 2.25. The van der Waals surface area contributed by atoms with E-state index in [9.17, 15) is 0 Å². The van der Waals surface area contributed by atoms with Gasteiger partial charge in [0.15, 0.2) is 11.8 Å². The van der Waals surface area contributed by atoms with Crippen LogP contribution in [0.5, 0.6) is 0 Å². The zero-order valence-electron chi connectivity index (χ0n) is 13.8. The van der Waals surface area contributed by atoms with Crippen LogP contribution in [0, 0.1) is 0 Å². The predicted molar refractivity (Wildman–Crippen MR) is 95.4 cm³/mol. The van der Waals surface area contributed by atoms with Crippen molar-refractivity contribution in [2.45, 2.75) is 39.4 Å². The summed E-state index contributed by atoms with van der Waals surface area (Å²) in [7, 11) is 1.87. The Kier molecular flexibility index (Phi) is 5.30. The molecule has 0 unspecified atom stereocenters. The lowest BCUT2D eigenvalue weighted by atomic mass is 10.4. The summed E-state index contributed by atoms with van der Waals surface area (Å²) in [5.41, 5.74) is 0.950. The van der Waals surface area contributed by atoms with Crippen molar-refractivity contribution < 1.29 is 0 Å². The van der Waals surface area contributed by atoms with Gasteiger partial charge in [-0.2, -0.15) is 0 Å². The summed E-state index contributed by atoms with van der Waals surface area (Å²) in [5, 5.41) is 16.1. The van der Waals surface area contributed by atoms with Crippen LogP contribution in [0.25, 0.3) is 0 Å². The first kappa shape index (κ1) is 17.1. The Morgan fingerprint density at radius 3 is 2.88 bits per heavy atom. The number of nitrogens with zero attached hydrogens (tertiary/aromatic N) is 5. The fourth-order valence-electron chi connectivity index (χ4n) is 2.75. The minimum atomic E-state index is 0.482. The maximum Gasteiger partial charge on any atom is 0.192 e. The molecule has 0 spiro atoms. The van der Waals surface area contributed by atoms with E-state index in [1.54, 1.807) is 0 Å². The largest absolute Gasteiger partial charge is 0.357 e. The molecule has 0 aliphatic carbocycles. The topological polar surface area (TPSA) is 72.1 Å². The van der Waals surface area contributed by atoms with E-state index >= 15 is 0 Å². The highest BCUT2D eigenvalue weighted by atomic mass is 35.5. The molecule has 0 bridgehead atoms. The molecule has 2 aromatic rings. The average Bonchev–Trinajstić information content (AvgIpc) is 3.23. The molecule has 9 heteroatoms. The summed E-state index contributed by atoms with van der Waals surface area (Å²) >= 11 is 12.1. The zero-order chi connectivity index (χ0) is 17.1. The Bertz CT molecular complexity index is 747. The fourth-order valence-corrected chi connectivity index (χ4v) is 3.16. The number of halogens is 2. The van der Waals surface area contributed by atoms with Crippen molar-refractivity contribution in [1.29, 1.82) is 0 Å². The molecule has 1 aliphatic heterocycles. The first-order chi connectivity index (χ1) is 11.6. The molecule has 0 amide bonds. The summed E-state index contributed by atoms with van der Waals surface area (Å²) in [4.78, 5) is 4.59. The van der Waals surface area contributed by atoms with Gasteiger partial charge in [-0.05, 0) is 19.4 Å². The van der Waals surface area contributed by atoms with Gasteiger partial charge in [-0.3, -0.25) is 0 Å². The third-order valence-electron chi connectivity index (χ3n) is 4.06. The van der Waals surface area contributed by atoms with Crippen LogP contribution in [-0.4, -0.2) is 31.8 Å². The maximum atomic E-state index is 6.09. The standard InChI is InChI=1S/C15H21Cl2N7/c1-3-18-15(19-8-10-7-11(16)14(17)23(10)2)20-9-13-22-21-12-5-4-6-24(12)13/h7H,3-6,8-9H2,1-2H3,(H2,18,19,20). The first-order valence-corrected chi connectivity index (χ1v) is 8.78. The van der Waals surface area contributed by atoms with Crippen molar-refractivity contribution in [3.63, 3.8) is 0 Å². The minimum Gasteiger partial charge on any atom is -0.357 e. The van der Waals surface area contributed by atoms with Gasteiger partial charge in [0.1, 0.15) is 11.0 Å². The lowest BCUT2D eigenvalue weighted by molar-refractivity contribution is 0.662. The second-order valence-electron chi connectivity index (χ2n) is 5.67. The van der Waals surface area contributed by atoms with Crippen molar-refractivity contribution in [1.82, 2.24) is 30.0 Å². The lowest BCUT2D eigenvalue weighted by Crippen LogP contribution is -2.37. The number of fused-ring (bicyclic) bond motifs is 1. The van der Waals surface area contributed by atoms with E-state index in [0.29, 0.717) is 23.3 Å². The molecule has 130 valence electrons. The van der Waals surface area contributed by atoms with Gasteiger partial charge in [0, 0.05) is 32.3 Å². The molecule has 2 aromatic heterocycles. The molecular formula is C15H21Cl2N7. The number of aliphatic imine (C=N–C) groups is 1. The number of aryl methyl sites for hydroxylation is 1. The maximum absolute atomic E-state index is 6.09. The molecule has 0 atom stereocenters. The van der Waals surface area contributed by atoms with E-state index < -0.39 is 0 Å². The van der Waals surface area contributed by atoms with Gasteiger partial charge in [0.25, 0.3) is 0 Å². The average molecular weight is 370 g/mol. The lowest BCUT2D eigenvalue weighted by Gasteiger charge is -2.11. The van der Waals surface area contributed by atoms with E-state index in [2.05, 4.69) is 30.4 Å². The summed E-state index contributed by atoms with van der Waals surface area (Å²) in [6.07, 6.45) is 2.15. The van der Waals surface area contributed by atoms with Gasteiger partial charge < -0.3 is 19.8 Å². The van der Waals surface area contributed by atoms with Crippen LogP contribution in [0.15, 0.2) is 11.1 Å². The van der Waals surface area contributed by atoms with Gasteiger partial charge >= 0.3 is 0 Å². The monoisotopic (exact) mass is 369 g/mol. The van der Waals surface area contributed by atoms with Gasteiger partial charge in [0.05, 0.1) is 18.1 Å². The molecule has 0 radical (unpaired) electrons. The highest BCUT2D eigenvalue weighted by molar-refractivity contribution is 6.41. The molecule has 0 aromatic carbocycles. The van der Waals surface area contributed by atoms with E-state index in [1.165, 1.54) is 0 Å². The SMILES string of the molecule is CCNC(=NCc1cc(Cl)c(Cl)n1C)NCc1nnc2n1CCC2. The quantitative estimate of drug-likeness (QED) is 0.625. The van der Waals surface area contributed by atoms with Crippen molar-refractivity contribution in [2.75, 3.05) is 6.54 Å². The first-order valence-electron chi connectivity index (χ1n) is 8.03. The van der Waals surface area contributed by atoms with Crippen molar-refractivity contribution >= 4 is 29.2 Å². The second-order valence-corrected chi connectivity index (χ2v) is 6.44. The normalized spacial score (nSPS) is 14.1. The third-order valence-corrected chi connectivity index (χ3v) is 4.90. The van der Waals surface area contributed by atoms with E-state index in [1.807, 2.05) is 24.6 Å². The van der Waals surface area contributed by atoms with Crippen LogP contribution in [-0.2, 0) is 33.1 Å². The Hall–Kier alpha value is -1.73. The number of aromatic nitrogens is 4. The molecule has 1 aliphatic rings. The summed E-state index contributed by atoms with van der Waals surface area (Å²) in [6, 6.07) is 1.84. The molecule has 7 nitrogen and oxygen atoms in total. The van der Waals surface area contributed by atoms with Crippen LogP contribution in [0.2, 0.25) is 10.2 Å². The van der Waals surface area contributed by atoms with E-state index in [0.717, 1.165) is 49.2 Å². The summed E-state index contributed by atoms with van der Waals surface area (Å²) < 4.78 is 4.01. The molecule has 3 heterocycles. The van der Waals surface area contributed by atoms with Crippen LogP contribution in [0.3, 0.4) is 0 Å². The minimum absolute atomic E-state index is 0.482. The molecule has 0 fully saturated rings. The van der Waals surface area contributed by atoms with E-state index in [4.69, 9.17) is 23.2 Å². The number of hydrogen-bond acceptors (Lipinski definition) is 3. The van der Waals surface area contributed by atoms with E-state index in [-0.39, 0.29) is 0 Å². The van der Waals surface area contributed by atoms with Crippen molar-refractivity contribution in [3.05, 3.63) is 33.6 Å². The van der Waals surface area contributed by atoms with Gasteiger partial charge in [-0.1, -0.05) is 23.2 Å². The Labute approximate surface area is 151 Å². The fraction of sp³-hybridized carbons (Fsp3) is 0.533. The van der Waals surface area contributed by atoms with Crippen LogP contribution < -0.4 is 10.6 Å². The van der Waals surface area contributed by atoms with Gasteiger partial charge in [0.2, 0.25) is 0 Å². The van der Waals surface area contributed by atoms with Crippen LogP contribution in [0.4, 0.5) is 0 Å². The zero-order valence-corrected chi connectivity index (χ0v) is 15.3. The molecule has 0 saturated heterocycles. The number of hydrogen-bond donors (Lipinski definition) is 2. The van der Waals surface area contributed by atoms with Gasteiger partial charge in [-0.25, -0.2) is 4.99 Å². The summed E-state index contributed by atoms with van der Waals surface area (Å²) in [6.45, 7) is 4.87.